The van der Waals surface area contributed by atoms with Gasteiger partial charge in [0.05, 0.1) is 0 Å². The van der Waals surface area contributed by atoms with Crippen LogP contribution in [0.5, 0.6) is 0 Å². The van der Waals surface area contributed by atoms with E-state index in [2.05, 4.69) is 18.7 Å². The topological polar surface area (TPSA) is 26.3 Å². The monoisotopic (exact) mass is 210 g/mol. The molecule has 0 aromatic heterocycles. The van der Waals surface area contributed by atoms with E-state index in [9.17, 15) is 4.79 Å². The fraction of sp³-hybridized carbons (Fsp3) is 0.615. The first-order valence-electron chi connectivity index (χ1n) is 5.69. The molecule has 0 saturated carbocycles. The van der Waals surface area contributed by atoms with Crippen LogP contribution in [0.25, 0.3) is 0 Å². The van der Waals surface area contributed by atoms with Gasteiger partial charge in [0.25, 0.3) is 0 Å². The molecule has 0 unspecified atom stereocenters. The maximum Gasteiger partial charge on any atom is 0.306 e. The summed E-state index contributed by atoms with van der Waals surface area (Å²) in [7, 11) is 0. The molecule has 0 atom stereocenters. The van der Waals surface area contributed by atoms with Gasteiger partial charge >= 0.3 is 5.97 Å². The predicted octanol–water partition coefficient (Wildman–Crippen LogP) is 3.63. The van der Waals surface area contributed by atoms with E-state index in [1.54, 1.807) is 6.08 Å². The summed E-state index contributed by atoms with van der Waals surface area (Å²) >= 11 is 0. The Morgan fingerprint density at radius 3 is 2.67 bits per heavy atom. The number of hydrogen-bond acceptors (Lipinski definition) is 2. The molecule has 0 aliphatic rings. The van der Waals surface area contributed by atoms with Gasteiger partial charge < -0.3 is 4.74 Å². The van der Waals surface area contributed by atoms with Crippen LogP contribution >= 0.6 is 0 Å². The van der Waals surface area contributed by atoms with Crippen LogP contribution in [-0.2, 0) is 9.53 Å². The van der Waals surface area contributed by atoms with Crippen LogP contribution in [0, 0.1) is 0 Å². The number of carbonyl (C=O) groups is 1. The zero-order valence-corrected chi connectivity index (χ0v) is 9.71. The molecule has 15 heavy (non-hydrogen) atoms. The fourth-order valence-corrected chi connectivity index (χ4v) is 1.28. The summed E-state index contributed by atoms with van der Waals surface area (Å²) in [4.78, 5) is 11.1. The molecule has 86 valence electrons. The first-order valence-corrected chi connectivity index (χ1v) is 5.69. The Labute approximate surface area is 93.0 Å². The molecule has 0 heterocycles. The van der Waals surface area contributed by atoms with E-state index in [0.717, 1.165) is 19.3 Å². The lowest BCUT2D eigenvalue weighted by Crippen LogP contribution is -2.03. The fourth-order valence-electron chi connectivity index (χ4n) is 1.28. The molecule has 0 amide bonds. The second-order valence-corrected chi connectivity index (χ2v) is 3.49. The Kier molecular flexibility index (Phi) is 10.3. The Hall–Kier alpha value is -1.05. The molecule has 0 rings (SSSR count). The van der Waals surface area contributed by atoms with E-state index >= 15 is 0 Å². The number of allylic oxidation sites excluding steroid dienone is 2. The van der Waals surface area contributed by atoms with Gasteiger partial charge in [0.2, 0.25) is 0 Å². The van der Waals surface area contributed by atoms with Crippen molar-refractivity contribution in [1.82, 2.24) is 0 Å². The molecule has 0 aliphatic heterocycles. The van der Waals surface area contributed by atoms with Crippen LogP contribution < -0.4 is 0 Å². The standard InChI is InChI=1S/C13H22O2/c1-3-5-6-7-8-9-10-11-13(14)15-12-4-2/h3-5H,2,6-12H2,1H3. The Bertz CT molecular complexity index is 195. The molecule has 2 nitrogen and oxygen atoms in total. The molecular weight excluding hydrogens is 188 g/mol. The van der Waals surface area contributed by atoms with Crippen LogP contribution in [0.4, 0.5) is 0 Å². The van der Waals surface area contributed by atoms with Gasteiger partial charge in [-0.25, -0.2) is 0 Å². The molecular formula is C13H22O2. The number of unbranched alkanes of at least 4 members (excludes halogenated alkanes) is 4. The highest BCUT2D eigenvalue weighted by Gasteiger charge is 2.00. The predicted molar refractivity (Wildman–Crippen MR) is 63.7 cm³/mol. The van der Waals surface area contributed by atoms with Crippen LogP contribution in [0.1, 0.15) is 45.4 Å². The number of rotatable bonds is 9. The molecule has 0 aromatic rings. The van der Waals surface area contributed by atoms with Gasteiger partial charge in [-0.2, -0.15) is 0 Å². The van der Waals surface area contributed by atoms with Crippen molar-refractivity contribution in [2.45, 2.75) is 45.4 Å². The highest BCUT2D eigenvalue weighted by molar-refractivity contribution is 5.69. The van der Waals surface area contributed by atoms with E-state index in [4.69, 9.17) is 4.74 Å². The van der Waals surface area contributed by atoms with Crippen molar-refractivity contribution in [2.24, 2.45) is 0 Å². The summed E-state index contributed by atoms with van der Waals surface area (Å²) in [5.74, 6) is -0.108. The number of ether oxygens (including phenoxy) is 1. The third-order valence-corrected chi connectivity index (χ3v) is 2.10. The summed E-state index contributed by atoms with van der Waals surface area (Å²) in [6.45, 7) is 5.86. The second-order valence-electron chi connectivity index (χ2n) is 3.49. The van der Waals surface area contributed by atoms with E-state index in [-0.39, 0.29) is 5.97 Å². The Morgan fingerprint density at radius 1 is 1.27 bits per heavy atom. The van der Waals surface area contributed by atoms with Crippen molar-refractivity contribution >= 4 is 5.97 Å². The van der Waals surface area contributed by atoms with E-state index < -0.39 is 0 Å². The van der Waals surface area contributed by atoms with Gasteiger partial charge in [0, 0.05) is 6.42 Å². The molecule has 0 bridgehead atoms. The first kappa shape index (κ1) is 13.9. The number of carbonyl (C=O) groups excluding carboxylic acids is 1. The number of esters is 1. The van der Waals surface area contributed by atoms with Crippen LogP contribution in [0.2, 0.25) is 0 Å². The average molecular weight is 210 g/mol. The number of hydrogen-bond donors (Lipinski definition) is 0. The summed E-state index contributed by atoms with van der Waals surface area (Å²) in [6.07, 6.45) is 12.0. The van der Waals surface area contributed by atoms with Crippen molar-refractivity contribution < 1.29 is 9.53 Å². The molecule has 2 heteroatoms. The van der Waals surface area contributed by atoms with Crippen molar-refractivity contribution in [2.75, 3.05) is 6.61 Å². The van der Waals surface area contributed by atoms with Crippen LogP contribution in [-0.4, -0.2) is 12.6 Å². The van der Waals surface area contributed by atoms with Crippen molar-refractivity contribution in [3.05, 3.63) is 24.8 Å². The zero-order valence-electron chi connectivity index (χ0n) is 9.71. The second kappa shape index (κ2) is 11.0. The molecule has 0 N–H and O–H groups in total. The van der Waals surface area contributed by atoms with Gasteiger partial charge in [-0.1, -0.05) is 37.6 Å². The lowest BCUT2D eigenvalue weighted by atomic mass is 10.1. The average Bonchev–Trinajstić information content (AvgIpc) is 2.25. The summed E-state index contributed by atoms with van der Waals surface area (Å²) in [5.41, 5.74) is 0. The Balaban J connectivity index is 3.16. The van der Waals surface area contributed by atoms with Gasteiger partial charge in [0.1, 0.15) is 6.61 Å². The molecule has 0 fully saturated rings. The highest BCUT2D eigenvalue weighted by Crippen LogP contribution is 2.06. The van der Waals surface area contributed by atoms with Gasteiger partial charge in [-0.15, -0.1) is 0 Å². The van der Waals surface area contributed by atoms with E-state index in [0.29, 0.717) is 13.0 Å². The third-order valence-electron chi connectivity index (χ3n) is 2.10. The normalized spacial score (nSPS) is 10.5. The summed E-state index contributed by atoms with van der Waals surface area (Å²) in [6, 6.07) is 0. The highest BCUT2D eigenvalue weighted by atomic mass is 16.5. The molecule has 0 aromatic carbocycles. The van der Waals surface area contributed by atoms with Gasteiger partial charge in [-0.3, -0.25) is 4.79 Å². The minimum absolute atomic E-state index is 0.108. The van der Waals surface area contributed by atoms with Gasteiger partial charge in [0.15, 0.2) is 0 Å². The summed E-state index contributed by atoms with van der Waals surface area (Å²) < 4.78 is 4.87. The minimum atomic E-state index is -0.108. The van der Waals surface area contributed by atoms with Gasteiger partial charge in [-0.05, 0) is 26.2 Å². The van der Waals surface area contributed by atoms with Crippen LogP contribution in [0.15, 0.2) is 24.8 Å². The molecule has 0 aliphatic carbocycles. The lowest BCUT2D eigenvalue weighted by Gasteiger charge is -2.01. The lowest BCUT2D eigenvalue weighted by molar-refractivity contribution is -0.142. The minimum Gasteiger partial charge on any atom is -0.461 e. The van der Waals surface area contributed by atoms with E-state index in [1.165, 1.54) is 12.8 Å². The SMILES string of the molecule is C=CCOC(=O)CCCCCCC=CC. The van der Waals surface area contributed by atoms with E-state index in [1.807, 2.05) is 6.92 Å². The van der Waals surface area contributed by atoms with Crippen molar-refractivity contribution in [3.8, 4) is 0 Å². The molecule has 0 saturated heterocycles. The Morgan fingerprint density at radius 2 is 2.00 bits per heavy atom. The molecule has 0 radical (unpaired) electrons. The van der Waals surface area contributed by atoms with Crippen LogP contribution in [0.3, 0.4) is 0 Å². The zero-order chi connectivity index (χ0) is 11.4. The maximum absolute atomic E-state index is 11.1. The third kappa shape index (κ3) is 10.9. The largest absolute Gasteiger partial charge is 0.461 e. The quantitative estimate of drug-likeness (QED) is 0.330. The molecule has 0 spiro atoms. The smallest absolute Gasteiger partial charge is 0.306 e. The van der Waals surface area contributed by atoms with Crippen molar-refractivity contribution in [3.63, 3.8) is 0 Å². The summed E-state index contributed by atoms with van der Waals surface area (Å²) in [5, 5.41) is 0. The van der Waals surface area contributed by atoms with Crippen molar-refractivity contribution in [1.29, 1.82) is 0 Å². The first-order chi connectivity index (χ1) is 7.31. The maximum atomic E-state index is 11.1.